The summed E-state index contributed by atoms with van der Waals surface area (Å²) in [6, 6.07) is -0.0196. The van der Waals surface area contributed by atoms with Crippen LogP contribution in [0.1, 0.15) is 5.82 Å². The van der Waals surface area contributed by atoms with Gasteiger partial charge in [-0.1, -0.05) is 0 Å². The topological polar surface area (TPSA) is 59.0 Å². The van der Waals surface area contributed by atoms with Gasteiger partial charge in [0.25, 0.3) is 0 Å². The molecule has 2 N–H and O–H groups in total. The average molecular weight is 313 g/mol. The normalized spacial score (nSPS) is 17.7. The number of rotatable bonds is 4. The van der Waals surface area contributed by atoms with Crippen LogP contribution in [-0.4, -0.2) is 39.7 Å². The number of carbonyl (C=O) groups excluding carboxylic acids is 1. The fourth-order valence-corrected chi connectivity index (χ4v) is 2.57. The number of hydrogen-bond donors (Lipinski definition) is 2. The van der Waals surface area contributed by atoms with Crippen molar-refractivity contribution in [2.75, 3.05) is 18.2 Å². The number of aryl methyl sites for hydroxylation is 1. The number of thioether (sulfide) groups is 1. The highest BCUT2D eigenvalue weighted by atomic mass is 35.5. The molecule has 1 aliphatic heterocycles. The fourth-order valence-electron chi connectivity index (χ4n) is 1.63. The molecule has 8 heteroatoms. The van der Waals surface area contributed by atoms with Crippen molar-refractivity contribution >= 4 is 42.5 Å². The Labute approximate surface area is 123 Å². The van der Waals surface area contributed by atoms with Crippen LogP contribution in [0.25, 0.3) is 0 Å². The quantitative estimate of drug-likeness (QED) is 0.864. The molecule has 0 radical (unpaired) electrons. The van der Waals surface area contributed by atoms with Gasteiger partial charge in [-0.05, 0) is 6.92 Å². The summed E-state index contributed by atoms with van der Waals surface area (Å²) >= 11 is 1.76. The average Bonchev–Trinajstić information content (AvgIpc) is 2.90. The maximum absolute atomic E-state index is 11.6. The SMILES string of the molecule is Cc1nccn1CCNC(=O)C1CSCN1.Cl.Cl. The molecule has 0 bridgehead atoms. The first-order chi connectivity index (χ1) is 7.77. The van der Waals surface area contributed by atoms with Crippen LogP contribution < -0.4 is 10.6 Å². The summed E-state index contributed by atoms with van der Waals surface area (Å²) in [7, 11) is 0. The standard InChI is InChI=1S/C10H16N4OS.2ClH/c1-8-11-2-4-14(8)5-3-12-10(15)9-6-16-7-13-9;;/h2,4,9,13H,3,5-7H2,1H3,(H,12,15);2*1H. The number of nitrogens with zero attached hydrogens (tertiary/aromatic N) is 2. The molecule has 1 saturated heterocycles. The number of amides is 1. The Bertz CT molecular complexity index is 369. The Balaban J connectivity index is 0.00000144. The van der Waals surface area contributed by atoms with Gasteiger partial charge in [0.2, 0.25) is 5.91 Å². The van der Waals surface area contributed by atoms with Gasteiger partial charge in [0, 0.05) is 37.1 Å². The molecule has 1 unspecified atom stereocenters. The highest BCUT2D eigenvalue weighted by molar-refractivity contribution is 7.99. The molecular weight excluding hydrogens is 295 g/mol. The maximum Gasteiger partial charge on any atom is 0.238 e. The lowest BCUT2D eigenvalue weighted by atomic mass is 10.3. The minimum Gasteiger partial charge on any atom is -0.353 e. The van der Waals surface area contributed by atoms with E-state index in [4.69, 9.17) is 0 Å². The molecule has 104 valence electrons. The molecule has 5 nitrogen and oxygen atoms in total. The van der Waals surface area contributed by atoms with Gasteiger partial charge in [-0.15, -0.1) is 36.6 Å². The molecule has 1 fully saturated rings. The van der Waals surface area contributed by atoms with Crippen LogP contribution in [0.15, 0.2) is 12.4 Å². The molecule has 1 amide bonds. The highest BCUT2D eigenvalue weighted by Crippen LogP contribution is 2.09. The van der Waals surface area contributed by atoms with E-state index >= 15 is 0 Å². The number of halogens is 2. The fraction of sp³-hybridized carbons (Fsp3) is 0.600. The van der Waals surface area contributed by atoms with Crippen LogP contribution in [-0.2, 0) is 11.3 Å². The minimum absolute atomic E-state index is 0. The van der Waals surface area contributed by atoms with Gasteiger partial charge in [0.05, 0.1) is 6.04 Å². The molecule has 2 heterocycles. The van der Waals surface area contributed by atoms with E-state index in [-0.39, 0.29) is 36.8 Å². The van der Waals surface area contributed by atoms with Gasteiger partial charge >= 0.3 is 0 Å². The Morgan fingerprint density at radius 2 is 2.44 bits per heavy atom. The Morgan fingerprint density at radius 3 is 3.00 bits per heavy atom. The third-order valence-electron chi connectivity index (χ3n) is 2.61. The van der Waals surface area contributed by atoms with E-state index in [1.54, 1.807) is 18.0 Å². The molecule has 2 rings (SSSR count). The van der Waals surface area contributed by atoms with Crippen molar-refractivity contribution in [2.45, 2.75) is 19.5 Å². The molecule has 0 aromatic carbocycles. The van der Waals surface area contributed by atoms with Crippen molar-refractivity contribution < 1.29 is 4.79 Å². The second kappa shape index (κ2) is 8.63. The summed E-state index contributed by atoms with van der Waals surface area (Å²) < 4.78 is 2.02. The van der Waals surface area contributed by atoms with Crippen molar-refractivity contribution in [1.82, 2.24) is 20.2 Å². The predicted octanol–water partition coefficient (Wildman–Crippen LogP) is 0.814. The zero-order valence-electron chi connectivity index (χ0n) is 10.1. The zero-order valence-corrected chi connectivity index (χ0v) is 12.5. The smallest absolute Gasteiger partial charge is 0.238 e. The summed E-state index contributed by atoms with van der Waals surface area (Å²) in [5.41, 5.74) is 0. The second-order valence-electron chi connectivity index (χ2n) is 3.73. The van der Waals surface area contributed by atoms with E-state index in [9.17, 15) is 4.79 Å². The lowest BCUT2D eigenvalue weighted by molar-refractivity contribution is -0.122. The van der Waals surface area contributed by atoms with E-state index in [1.807, 2.05) is 17.7 Å². The van der Waals surface area contributed by atoms with Crippen LogP contribution >= 0.6 is 36.6 Å². The summed E-state index contributed by atoms with van der Waals surface area (Å²) in [6.07, 6.45) is 3.69. The summed E-state index contributed by atoms with van der Waals surface area (Å²) in [5.74, 6) is 2.82. The van der Waals surface area contributed by atoms with E-state index in [0.717, 1.165) is 24.0 Å². The van der Waals surface area contributed by atoms with Gasteiger partial charge in [0.15, 0.2) is 0 Å². The van der Waals surface area contributed by atoms with E-state index < -0.39 is 0 Å². The number of nitrogens with one attached hydrogen (secondary N) is 2. The van der Waals surface area contributed by atoms with E-state index in [0.29, 0.717) is 6.54 Å². The number of aromatic nitrogens is 2. The predicted molar refractivity (Wildman–Crippen MR) is 78.7 cm³/mol. The molecule has 1 atom stereocenters. The summed E-state index contributed by atoms with van der Waals surface area (Å²) in [6.45, 7) is 3.38. The lowest BCUT2D eigenvalue weighted by Gasteiger charge is -2.11. The molecule has 1 aromatic heterocycles. The second-order valence-corrected chi connectivity index (χ2v) is 4.76. The Kier molecular flexibility index (Phi) is 8.43. The maximum atomic E-state index is 11.6. The molecule has 0 aliphatic carbocycles. The van der Waals surface area contributed by atoms with Crippen molar-refractivity contribution in [2.24, 2.45) is 0 Å². The van der Waals surface area contributed by atoms with Gasteiger partial charge in [0.1, 0.15) is 5.82 Å². The number of imidazole rings is 1. The first-order valence-corrected chi connectivity index (χ1v) is 6.49. The van der Waals surface area contributed by atoms with E-state index in [1.165, 1.54) is 0 Å². The summed E-state index contributed by atoms with van der Waals surface area (Å²) in [5, 5.41) is 6.07. The summed E-state index contributed by atoms with van der Waals surface area (Å²) in [4.78, 5) is 15.8. The Morgan fingerprint density at radius 1 is 1.67 bits per heavy atom. The van der Waals surface area contributed by atoms with Crippen molar-refractivity contribution in [3.05, 3.63) is 18.2 Å². The molecule has 1 aliphatic rings. The largest absolute Gasteiger partial charge is 0.353 e. The van der Waals surface area contributed by atoms with Crippen molar-refractivity contribution in [3.63, 3.8) is 0 Å². The van der Waals surface area contributed by atoms with Crippen LogP contribution in [0, 0.1) is 6.92 Å². The minimum atomic E-state index is -0.0196. The van der Waals surface area contributed by atoms with Crippen LogP contribution in [0.3, 0.4) is 0 Å². The third-order valence-corrected chi connectivity index (χ3v) is 3.55. The molecule has 0 saturated carbocycles. The van der Waals surface area contributed by atoms with Gasteiger partial charge < -0.3 is 9.88 Å². The number of hydrogen-bond acceptors (Lipinski definition) is 4. The van der Waals surface area contributed by atoms with Crippen molar-refractivity contribution in [1.29, 1.82) is 0 Å². The Hall–Kier alpha value is -0.430. The first-order valence-electron chi connectivity index (χ1n) is 5.34. The van der Waals surface area contributed by atoms with Crippen LogP contribution in [0.4, 0.5) is 0 Å². The van der Waals surface area contributed by atoms with Crippen LogP contribution in [0.5, 0.6) is 0 Å². The molecule has 18 heavy (non-hydrogen) atoms. The van der Waals surface area contributed by atoms with E-state index in [2.05, 4.69) is 15.6 Å². The monoisotopic (exact) mass is 312 g/mol. The first kappa shape index (κ1) is 17.6. The van der Waals surface area contributed by atoms with Gasteiger partial charge in [-0.3, -0.25) is 10.1 Å². The molecule has 0 spiro atoms. The van der Waals surface area contributed by atoms with Gasteiger partial charge in [-0.2, -0.15) is 0 Å². The lowest BCUT2D eigenvalue weighted by Crippen LogP contribution is -2.43. The highest BCUT2D eigenvalue weighted by Gasteiger charge is 2.21. The van der Waals surface area contributed by atoms with Crippen molar-refractivity contribution in [3.8, 4) is 0 Å². The number of carbonyl (C=O) groups is 1. The molecule has 1 aromatic rings. The zero-order chi connectivity index (χ0) is 11.4. The van der Waals surface area contributed by atoms with Crippen LogP contribution in [0.2, 0.25) is 0 Å². The third kappa shape index (κ3) is 4.68. The van der Waals surface area contributed by atoms with Gasteiger partial charge in [-0.25, -0.2) is 4.98 Å². The molecular formula is C10H18Cl2N4OS.